The van der Waals surface area contributed by atoms with Crippen LogP contribution in [0.1, 0.15) is 36.5 Å². The van der Waals surface area contributed by atoms with Crippen molar-refractivity contribution in [1.29, 1.82) is 0 Å². The van der Waals surface area contributed by atoms with Gasteiger partial charge in [-0.05, 0) is 52.9 Å². The van der Waals surface area contributed by atoms with E-state index in [9.17, 15) is 4.79 Å². The summed E-state index contributed by atoms with van der Waals surface area (Å²) in [5.74, 6) is 1.59. The van der Waals surface area contributed by atoms with E-state index in [0.717, 1.165) is 16.9 Å². The quantitative estimate of drug-likeness (QED) is 0.358. The maximum atomic E-state index is 12.0. The zero-order valence-electron chi connectivity index (χ0n) is 16.2. The van der Waals surface area contributed by atoms with Crippen molar-refractivity contribution >= 4 is 12.0 Å². The van der Waals surface area contributed by atoms with Crippen molar-refractivity contribution < 1.29 is 14.3 Å². The molecule has 0 amide bonds. The van der Waals surface area contributed by atoms with Gasteiger partial charge in [-0.3, -0.25) is 0 Å². The van der Waals surface area contributed by atoms with Gasteiger partial charge in [0.2, 0.25) is 0 Å². The predicted octanol–water partition coefficient (Wildman–Crippen LogP) is 6.36. The summed E-state index contributed by atoms with van der Waals surface area (Å²) in [7, 11) is 0. The molecule has 142 valence electrons. The monoisotopic (exact) mass is 372 g/mol. The fraction of sp³-hybridized carbons (Fsp3) is 0.160. The van der Waals surface area contributed by atoms with Crippen LogP contribution >= 0.6 is 0 Å². The molecule has 3 aromatic rings. The van der Waals surface area contributed by atoms with Crippen LogP contribution in [0.4, 0.5) is 0 Å². The van der Waals surface area contributed by atoms with Gasteiger partial charge >= 0.3 is 5.97 Å². The van der Waals surface area contributed by atoms with E-state index in [0.29, 0.717) is 11.7 Å². The summed E-state index contributed by atoms with van der Waals surface area (Å²) >= 11 is 0. The highest BCUT2D eigenvalue weighted by Crippen LogP contribution is 2.22. The lowest BCUT2D eigenvalue weighted by Crippen LogP contribution is -2.00. The fourth-order valence-electron chi connectivity index (χ4n) is 2.68. The Labute approximate surface area is 166 Å². The molecule has 3 nitrogen and oxygen atoms in total. The molecule has 0 heterocycles. The number of hydrogen-bond acceptors (Lipinski definition) is 3. The van der Waals surface area contributed by atoms with Crippen molar-refractivity contribution in [3.63, 3.8) is 0 Å². The Bertz CT molecular complexity index is 926. The number of benzene rings is 3. The van der Waals surface area contributed by atoms with E-state index in [2.05, 4.69) is 26.0 Å². The minimum atomic E-state index is -0.373. The molecule has 28 heavy (non-hydrogen) atoms. The standard InChI is InChI=1S/C25H24O3/c1-19(2)22-14-11-20(12-15-22)13-16-25(26)27-18-21-7-6-10-24(17-21)28-23-8-4-3-5-9-23/h3-17,19H,18H2,1-2H3/b16-13+. The van der Waals surface area contributed by atoms with Crippen molar-refractivity contribution in [2.75, 3.05) is 0 Å². The third-order valence-electron chi connectivity index (χ3n) is 4.27. The number of esters is 1. The van der Waals surface area contributed by atoms with Gasteiger partial charge in [-0.1, -0.05) is 68.4 Å². The summed E-state index contributed by atoms with van der Waals surface area (Å²) in [5.41, 5.74) is 3.12. The molecular formula is C25H24O3. The summed E-state index contributed by atoms with van der Waals surface area (Å²) in [6.07, 6.45) is 3.22. The highest BCUT2D eigenvalue weighted by molar-refractivity contribution is 5.87. The van der Waals surface area contributed by atoms with Gasteiger partial charge in [-0.25, -0.2) is 4.79 Å². The molecular weight excluding hydrogens is 348 g/mol. The number of hydrogen-bond donors (Lipinski definition) is 0. The second-order valence-corrected chi connectivity index (χ2v) is 6.82. The second kappa shape index (κ2) is 9.56. The molecule has 0 aromatic heterocycles. The van der Waals surface area contributed by atoms with Crippen molar-refractivity contribution in [3.05, 3.63) is 102 Å². The molecule has 3 aromatic carbocycles. The van der Waals surface area contributed by atoms with Crippen LogP contribution in [0.25, 0.3) is 6.08 Å². The number of carbonyl (C=O) groups is 1. The zero-order valence-corrected chi connectivity index (χ0v) is 16.2. The van der Waals surface area contributed by atoms with E-state index in [-0.39, 0.29) is 12.6 Å². The Morgan fingerprint density at radius 2 is 1.61 bits per heavy atom. The molecule has 0 aliphatic carbocycles. The van der Waals surface area contributed by atoms with Crippen LogP contribution in [0, 0.1) is 0 Å². The van der Waals surface area contributed by atoms with E-state index in [1.165, 1.54) is 11.6 Å². The third kappa shape index (κ3) is 5.85. The van der Waals surface area contributed by atoms with Crippen molar-refractivity contribution in [2.45, 2.75) is 26.4 Å². The summed E-state index contributed by atoms with van der Waals surface area (Å²) in [6.45, 7) is 4.51. The first-order valence-electron chi connectivity index (χ1n) is 9.37. The number of carbonyl (C=O) groups excluding carboxylic acids is 1. The Hall–Kier alpha value is -3.33. The average molecular weight is 372 g/mol. The topological polar surface area (TPSA) is 35.5 Å². The summed E-state index contributed by atoms with van der Waals surface area (Å²) in [4.78, 5) is 12.0. The van der Waals surface area contributed by atoms with Crippen LogP contribution in [0.2, 0.25) is 0 Å². The number of ether oxygens (including phenoxy) is 2. The van der Waals surface area contributed by atoms with Gasteiger partial charge < -0.3 is 9.47 Å². The number of para-hydroxylation sites is 1. The molecule has 0 bridgehead atoms. The molecule has 0 unspecified atom stereocenters. The molecule has 0 saturated heterocycles. The lowest BCUT2D eigenvalue weighted by molar-refractivity contribution is -0.138. The van der Waals surface area contributed by atoms with Gasteiger partial charge in [-0.2, -0.15) is 0 Å². The molecule has 0 radical (unpaired) electrons. The smallest absolute Gasteiger partial charge is 0.331 e. The first-order valence-corrected chi connectivity index (χ1v) is 9.37. The lowest BCUT2D eigenvalue weighted by atomic mass is 10.0. The van der Waals surface area contributed by atoms with Gasteiger partial charge in [-0.15, -0.1) is 0 Å². The Balaban J connectivity index is 1.53. The third-order valence-corrected chi connectivity index (χ3v) is 4.27. The van der Waals surface area contributed by atoms with Crippen molar-refractivity contribution in [1.82, 2.24) is 0 Å². The van der Waals surface area contributed by atoms with Gasteiger partial charge in [0.1, 0.15) is 18.1 Å². The molecule has 0 aliphatic rings. The van der Waals surface area contributed by atoms with Crippen LogP contribution in [-0.2, 0) is 16.1 Å². The predicted molar refractivity (Wildman–Crippen MR) is 112 cm³/mol. The average Bonchev–Trinajstić information content (AvgIpc) is 2.72. The summed E-state index contributed by atoms with van der Waals surface area (Å²) in [6, 6.07) is 25.3. The minimum Gasteiger partial charge on any atom is -0.458 e. The Morgan fingerprint density at radius 3 is 2.32 bits per heavy atom. The van der Waals surface area contributed by atoms with Gasteiger partial charge in [0.05, 0.1) is 0 Å². The van der Waals surface area contributed by atoms with Crippen LogP contribution in [-0.4, -0.2) is 5.97 Å². The van der Waals surface area contributed by atoms with Crippen LogP contribution in [0.15, 0.2) is 84.9 Å². The van der Waals surface area contributed by atoms with E-state index in [4.69, 9.17) is 9.47 Å². The lowest BCUT2D eigenvalue weighted by Gasteiger charge is -2.08. The maximum absolute atomic E-state index is 12.0. The molecule has 0 spiro atoms. The molecule has 3 heteroatoms. The molecule has 0 N–H and O–H groups in total. The van der Waals surface area contributed by atoms with E-state index in [1.54, 1.807) is 6.08 Å². The van der Waals surface area contributed by atoms with Gasteiger partial charge in [0.25, 0.3) is 0 Å². The summed E-state index contributed by atoms with van der Waals surface area (Å²) < 4.78 is 11.1. The first-order chi connectivity index (χ1) is 13.6. The van der Waals surface area contributed by atoms with Crippen molar-refractivity contribution in [3.8, 4) is 11.5 Å². The number of rotatable bonds is 7. The Morgan fingerprint density at radius 1 is 0.893 bits per heavy atom. The molecule has 0 aliphatic heterocycles. The zero-order chi connectivity index (χ0) is 19.8. The van der Waals surface area contributed by atoms with Gasteiger partial charge in [0.15, 0.2) is 0 Å². The minimum absolute atomic E-state index is 0.196. The van der Waals surface area contributed by atoms with Crippen LogP contribution < -0.4 is 4.74 Å². The fourth-order valence-corrected chi connectivity index (χ4v) is 2.68. The SMILES string of the molecule is CC(C)c1ccc(/C=C/C(=O)OCc2cccc(Oc3ccccc3)c2)cc1. The summed E-state index contributed by atoms with van der Waals surface area (Å²) in [5, 5.41) is 0. The molecule has 0 saturated carbocycles. The Kier molecular flexibility index (Phi) is 6.64. The normalized spacial score (nSPS) is 11.0. The van der Waals surface area contributed by atoms with Crippen molar-refractivity contribution in [2.24, 2.45) is 0 Å². The van der Waals surface area contributed by atoms with E-state index >= 15 is 0 Å². The maximum Gasteiger partial charge on any atom is 0.331 e. The van der Waals surface area contributed by atoms with Gasteiger partial charge in [0, 0.05) is 6.08 Å². The largest absolute Gasteiger partial charge is 0.458 e. The molecule has 0 atom stereocenters. The van der Waals surface area contributed by atoms with E-state index < -0.39 is 0 Å². The first kappa shape index (κ1) is 19.4. The molecule has 0 fully saturated rings. The van der Waals surface area contributed by atoms with Crippen LogP contribution in [0.3, 0.4) is 0 Å². The van der Waals surface area contributed by atoms with Crippen LogP contribution in [0.5, 0.6) is 11.5 Å². The highest BCUT2D eigenvalue weighted by Gasteiger charge is 2.03. The second-order valence-electron chi connectivity index (χ2n) is 6.82. The highest BCUT2D eigenvalue weighted by atomic mass is 16.5. The van der Waals surface area contributed by atoms with E-state index in [1.807, 2.05) is 66.7 Å². The molecule has 3 rings (SSSR count).